The lowest BCUT2D eigenvalue weighted by Crippen LogP contribution is -2.29. The van der Waals surface area contributed by atoms with Crippen LogP contribution in [-0.4, -0.2) is 31.3 Å². The van der Waals surface area contributed by atoms with Crippen molar-refractivity contribution in [2.45, 2.75) is 25.2 Å². The molecule has 0 saturated heterocycles. The van der Waals surface area contributed by atoms with Crippen molar-refractivity contribution in [1.82, 2.24) is 9.29 Å². The number of sulfonamides is 1. The van der Waals surface area contributed by atoms with Crippen LogP contribution in [0.2, 0.25) is 0 Å². The molecule has 0 N–H and O–H groups in total. The van der Waals surface area contributed by atoms with Gasteiger partial charge in [0.2, 0.25) is 10.0 Å². The summed E-state index contributed by atoms with van der Waals surface area (Å²) in [6, 6.07) is 5.40. The van der Waals surface area contributed by atoms with Crippen LogP contribution in [0.15, 0.2) is 34.7 Å². The van der Waals surface area contributed by atoms with Crippen molar-refractivity contribution in [1.29, 1.82) is 0 Å². The Morgan fingerprint density at radius 1 is 1.30 bits per heavy atom. The van der Waals surface area contributed by atoms with Gasteiger partial charge in [-0.2, -0.15) is 0 Å². The Bertz CT molecular complexity index is 679. The average Bonchev–Trinajstić information content (AvgIpc) is 2.88. The molecule has 0 aliphatic carbocycles. The number of benzene rings is 1. The lowest BCUT2D eigenvalue weighted by atomic mass is 10.2. The smallest absolute Gasteiger partial charge is 0.243 e. The van der Waals surface area contributed by atoms with Gasteiger partial charge in [0.15, 0.2) is 0 Å². The number of aromatic nitrogens is 1. The Kier molecular flexibility index (Phi) is 4.57. The molecule has 1 heterocycles. The molecule has 0 radical (unpaired) electrons. The third-order valence-electron chi connectivity index (χ3n) is 3.14. The standard InChI is InChI=1S/C14H18N2O2S2/c1-11-4-5-13(12(2)10-11)20(17,18)16(3)8-6-14-15-7-9-19-14/h4-5,7,9-10H,6,8H2,1-3H3. The summed E-state index contributed by atoms with van der Waals surface area (Å²) in [5.41, 5.74) is 1.85. The van der Waals surface area contributed by atoms with E-state index >= 15 is 0 Å². The molecule has 0 aliphatic rings. The molecule has 0 spiro atoms. The van der Waals surface area contributed by atoms with Gasteiger partial charge in [-0.25, -0.2) is 17.7 Å². The molecule has 0 amide bonds. The maximum absolute atomic E-state index is 12.5. The second-order valence-electron chi connectivity index (χ2n) is 4.77. The number of hydrogen-bond donors (Lipinski definition) is 0. The highest BCUT2D eigenvalue weighted by Gasteiger charge is 2.22. The molecule has 1 aromatic carbocycles. The van der Waals surface area contributed by atoms with Crippen molar-refractivity contribution in [2.75, 3.05) is 13.6 Å². The number of hydrogen-bond acceptors (Lipinski definition) is 4. The molecule has 0 aliphatic heterocycles. The van der Waals surface area contributed by atoms with E-state index in [1.165, 1.54) is 4.31 Å². The molecular weight excluding hydrogens is 292 g/mol. The van der Waals surface area contributed by atoms with Crippen LogP contribution in [-0.2, 0) is 16.4 Å². The first kappa shape index (κ1) is 15.2. The van der Waals surface area contributed by atoms with Crippen LogP contribution in [0, 0.1) is 13.8 Å². The van der Waals surface area contributed by atoms with E-state index in [-0.39, 0.29) is 0 Å². The number of likely N-dealkylation sites (N-methyl/N-ethyl adjacent to an activating group) is 1. The van der Waals surface area contributed by atoms with E-state index in [0.29, 0.717) is 17.9 Å². The molecule has 0 atom stereocenters. The van der Waals surface area contributed by atoms with Gasteiger partial charge in [-0.05, 0) is 25.5 Å². The van der Waals surface area contributed by atoms with Gasteiger partial charge in [-0.1, -0.05) is 17.7 Å². The Morgan fingerprint density at radius 2 is 2.05 bits per heavy atom. The molecule has 2 aromatic rings. The average molecular weight is 310 g/mol. The largest absolute Gasteiger partial charge is 0.250 e. The molecule has 2 rings (SSSR count). The van der Waals surface area contributed by atoms with Crippen LogP contribution in [0.4, 0.5) is 0 Å². The van der Waals surface area contributed by atoms with Crippen molar-refractivity contribution >= 4 is 21.4 Å². The van der Waals surface area contributed by atoms with Crippen LogP contribution in [0.3, 0.4) is 0 Å². The normalized spacial score (nSPS) is 12.0. The molecule has 0 fully saturated rings. The fraction of sp³-hybridized carbons (Fsp3) is 0.357. The minimum Gasteiger partial charge on any atom is -0.250 e. The molecule has 4 nitrogen and oxygen atoms in total. The summed E-state index contributed by atoms with van der Waals surface area (Å²) < 4.78 is 26.5. The molecule has 0 saturated carbocycles. The van der Waals surface area contributed by atoms with E-state index in [9.17, 15) is 8.42 Å². The minimum absolute atomic E-state index is 0.379. The fourth-order valence-corrected chi connectivity index (χ4v) is 3.99. The van der Waals surface area contributed by atoms with E-state index in [2.05, 4.69) is 4.98 Å². The van der Waals surface area contributed by atoms with Gasteiger partial charge in [0.1, 0.15) is 0 Å². The second kappa shape index (κ2) is 6.03. The maximum Gasteiger partial charge on any atom is 0.243 e. The molecule has 0 bridgehead atoms. The van der Waals surface area contributed by atoms with E-state index in [0.717, 1.165) is 16.1 Å². The third kappa shape index (κ3) is 3.26. The second-order valence-corrected chi connectivity index (χ2v) is 7.76. The highest BCUT2D eigenvalue weighted by Crippen LogP contribution is 2.20. The van der Waals surface area contributed by atoms with Gasteiger partial charge >= 0.3 is 0 Å². The Labute approximate surface area is 124 Å². The zero-order valence-electron chi connectivity index (χ0n) is 11.8. The fourth-order valence-electron chi connectivity index (χ4n) is 2.01. The summed E-state index contributed by atoms with van der Waals surface area (Å²) in [6.45, 7) is 4.22. The topological polar surface area (TPSA) is 50.3 Å². The molecule has 0 unspecified atom stereocenters. The van der Waals surface area contributed by atoms with Gasteiger partial charge < -0.3 is 0 Å². The lowest BCUT2D eigenvalue weighted by Gasteiger charge is -2.18. The van der Waals surface area contributed by atoms with E-state index in [1.54, 1.807) is 30.6 Å². The summed E-state index contributed by atoms with van der Waals surface area (Å²) in [4.78, 5) is 4.55. The summed E-state index contributed by atoms with van der Waals surface area (Å²) in [5, 5.41) is 2.85. The summed E-state index contributed by atoms with van der Waals surface area (Å²) in [6.07, 6.45) is 2.37. The predicted molar refractivity (Wildman–Crippen MR) is 81.5 cm³/mol. The van der Waals surface area contributed by atoms with Crippen LogP contribution >= 0.6 is 11.3 Å². The Morgan fingerprint density at radius 3 is 2.65 bits per heavy atom. The van der Waals surface area contributed by atoms with Crippen LogP contribution in [0.25, 0.3) is 0 Å². The van der Waals surface area contributed by atoms with E-state index in [4.69, 9.17) is 0 Å². The molecular formula is C14H18N2O2S2. The molecule has 6 heteroatoms. The maximum atomic E-state index is 12.5. The van der Waals surface area contributed by atoms with E-state index < -0.39 is 10.0 Å². The number of nitrogens with zero attached hydrogens (tertiary/aromatic N) is 2. The number of thiazole rings is 1. The summed E-state index contributed by atoms with van der Waals surface area (Å²) in [7, 11) is -1.82. The quantitative estimate of drug-likeness (QED) is 0.853. The predicted octanol–water partition coefficient (Wildman–Crippen LogP) is 2.62. The van der Waals surface area contributed by atoms with Gasteiger partial charge in [0.25, 0.3) is 0 Å². The monoisotopic (exact) mass is 310 g/mol. The molecule has 20 heavy (non-hydrogen) atoms. The van der Waals surface area contributed by atoms with Crippen molar-refractivity contribution in [3.8, 4) is 0 Å². The van der Waals surface area contributed by atoms with Crippen molar-refractivity contribution in [3.63, 3.8) is 0 Å². The van der Waals surface area contributed by atoms with E-state index in [1.807, 2.05) is 31.4 Å². The van der Waals surface area contributed by atoms with Crippen molar-refractivity contribution in [2.24, 2.45) is 0 Å². The van der Waals surface area contributed by atoms with Crippen molar-refractivity contribution < 1.29 is 8.42 Å². The number of rotatable bonds is 5. The first-order valence-corrected chi connectivity index (χ1v) is 8.65. The van der Waals surface area contributed by atoms with Gasteiger partial charge in [-0.3, -0.25) is 0 Å². The lowest BCUT2D eigenvalue weighted by molar-refractivity contribution is 0.472. The highest BCUT2D eigenvalue weighted by molar-refractivity contribution is 7.89. The van der Waals surface area contributed by atoms with Crippen LogP contribution < -0.4 is 0 Å². The van der Waals surface area contributed by atoms with Gasteiger partial charge in [0, 0.05) is 31.6 Å². The first-order chi connectivity index (χ1) is 9.41. The summed E-state index contributed by atoms with van der Waals surface area (Å²) >= 11 is 1.54. The van der Waals surface area contributed by atoms with Crippen LogP contribution in [0.1, 0.15) is 16.1 Å². The molecule has 108 valence electrons. The van der Waals surface area contributed by atoms with Gasteiger partial charge in [-0.15, -0.1) is 11.3 Å². The zero-order valence-corrected chi connectivity index (χ0v) is 13.5. The van der Waals surface area contributed by atoms with Crippen molar-refractivity contribution in [3.05, 3.63) is 45.9 Å². The molecule has 1 aromatic heterocycles. The Balaban J connectivity index is 2.16. The zero-order chi connectivity index (χ0) is 14.8. The minimum atomic E-state index is -3.43. The van der Waals surface area contributed by atoms with Crippen LogP contribution in [0.5, 0.6) is 0 Å². The first-order valence-electron chi connectivity index (χ1n) is 6.33. The SMILES string of the molecule is Cc1ccc(S(=O)(=O)N(C)CCc2nccs2)c(C)c1. The highest BCUT2D eigenvalue weighted by atomic mass is 32.2. The van der Waals surface area contributed by atoms with Gasteiger partial charge in [0.05, 0.1) is 9.90 Å². The third-order valence-corrected chi connectivity index (χ3v) is 6.00. The summed E-state index contributed by atoms with van der Waals surface area (Å²) in [5.74, 6) is 0. The number of aryl methyl sites for hydroxylation is 2. The Hall–Kier alpha value is -1.24.